The lowest BCUT2D eigenvalue weighted by atomic mass is 10.1. The second kappa shape index (κ2) is 8.68. The van der Waals surface area contributed by atoms with Gasteiger partial charge in [-0.3, -0.25) is 15.3 Å². The SMILES string of the molecule is Cc1cncc(CCNC(=O)Nc2nc(C)c(Cc3ccc(F)cc3)s2)n1. The number of rotatable bonds is 6. The minimum absolute atomic E-state index is 0.254. The molecule has 140 valence electrons. The largest absolute Gasteiger partial charge is 0.337 e. The van der Waals surface area contributed by atoms with Crippen LogP contribution in [0.5, 0.6) is 0 Å². The molecule has 0 atom stereocenters. The molecule has 0 aliphatic rings. The van der Waals surface area contributed by atoms with Crippen LogP contribution in [0.25, 0.3) is 0 Å². The van der Waals surface area contributed by atoms with E-state index in [1.54, 1.807) is 24.5 Å². The van der Waals surface area contributed by atoms with E-state index < -0.39 is 0 Å². The maximum atomic E-state index is 13.0. The lowest BCUT2D eigenvalue weighted by molar-refractivity contribution is 0.252. The van der Waals surface area contributed by atoms with Crippen molar-refractivity contribution in [3.63, 3.8) is 0 Å². The van der Waals surface area contributed by atoms with Gasteiger partial charge in [-0.05, 0) is 31.5 Å². The van der Waals surface area contributed by atoms with Crippen LogP contribution < -0.4 is 10.6 Å². The summed E-state index contributed by atoms with van der Waals surface area (Å²) in [5, 5.41) is 6.09. The molecular weight excluding hydrogens is 365 g/mol. The van der Waals surface area contributed by atoms with Gasteiger partial charge in [0.25, 0.3) is 0 Å². The number of carbonyl (C=O) groups excluding carboxylic acids is 1. The Hall–Kier alpha value is -2.87. The topological polar surface area (TPSA) is 79.8 Å². The number of halogens is 1. The van der Waals surface area contributed by atoms with Crippen LogP contribution in [-0.2, 0) is 12.8 Å². The van der Waals surface area contributed by atoms with E-state index in [9.17, 15) is 9.18 Å². The highest BCUT2D eigenvalue weighted by Crippen LogP contribution is 2.25. The van der Waals surface area contributed by atoms with Gasteiger partial charge in [-0.15, -0.1) is 11.3 Å². The predicted molar refractivity (Wildman–Crippen MR) is 104 cm³/mol. The highest BCUT2D eigenvalue weighted by atomic mass is 32.1. The Morgan fingerprint density at radius 1 is 1.15 bits per heavy atom. The maximum Gasteiger partial charge on any atom is 0.321 e. The number of aryl methyl sites for hydroxylation is 2. The third-order valence-corrected chi connectivity index (χ3v) is 4.94. The zero-order valence-electron chi connectivity index (χ0n) is 15.1. The number of urea groups is 1. The summed E-state index contributed by atoms with van der Waals surface area (Å²) in [6.07, 6.45) is 4.64. The van der Waals surface area contributed by atoms with Gasteiger partial charge in [-0.1, -0.05) is 12.1 Å². The summed E-state index contributed by atoms with van der Waals surface area (Å²) >= 11 is 1.42. The molecule has 3 rings (SSSR count). The van der Waals surface area contributed by atoms with E-state index in [2.05, 4.69) is 25.6 Å². The molecule has 6 nitrogen and oxygen atoms in total. The van der Waals surface area contributed by atoms with Gasteiger partial charge < -0.3 is 5.32 Å². The Balaban J connectivity index is 1.51. The number of carbonyl (C=O) groups is 1. The van der Waals surface area contributed by atoms with Crippen LogP contribution in [0.15, 0.2) is 36.7 Å². The van der Waals surface area contributed by atoms with Gasteiger partial charge in [0.2, 0.25) is 0 Å². The summed E-state index contributed by atoms with van der Waals surface area (Å²) in [6, 6.07) is 6.08. The van der Waals surface area contributed by atoms with Gasteiger partial charge >= 0.3 is 6.03 Å². The summed E-state index contributed by atoms with van der Waals surface area (Å²) in [5.74, 6) is -0.254. The molecule has 2 amide bonds. The molecule has 27 heavy (non-hydrogen) atoms. The number of anilines is 1. The molecule has 2 heterocycles. The van der Waals surface area contributed by atoms with E-state index in [0.717, 1.165) is 27.5 Å². The molecular formula is C19H20FN5OS. The van der Waals surface area contributed by atoms with E-state index in [-0.39, 0.29) is 11.8 Å². The maximum absolute atomic E-state index is 13.0. The van der Waals surface area contributed by atoms with Crippen molar-refractivity contribution >= 4 is 22.5 Å². The summed E-state index contributed by atoms with van der Waals surface area (Å²) in [5.41, 5.74) is 3.54. The van der Waals surface area contributed by atoms with E-state index in [1.807, 2.05) is 13.8 Å². The Morgan fingerprint density at radius 2 is 1.93 bits per heavy atom. The number of nitrogens with zero attached hydrogens (tertiary/aromatic N) is 3. The molecule has 0 bridgehead atoms. The number of amides is 2. The van der Waals surface area contributed by atoms with Crippen LogP contribution in [0.2, 0.25) is 0 Å². The molecule has 0 saturated heterocycles. The Kier molecular flexibility index (Phi) is 6.08. The molecule has 0 spiro atoms. The van der Waals surface area contributed by atoms with Crippen LogP contribution in [0, 0.1) is 19.7 Å². The van der Waals surface area contributed by atoms with Gasteiger partial charge in [-0.2, -0.15) is 0 Å². The molecule has 2 N–H and O–H groups in total. The molecule has 0 aliphatic heterocycles. The molecule has 0 unspecified atom stereocenters. The van der Waals surface area contributed by atoms with Gasteiger partial charge in [0.15, 0.2) is 5.13 Å². The van der Waals surface area contributed by atoms with E-state index >= 15 is 0 Å². The molecule has 2 aromatic heterocycles. The first-order chi connectivity index (χ1) is 13.0. The van der Waals surface area contributed by atoms with Gasteiger partial charge in [-0.25, -0.2) is 14.2 Å². The zero-order valence-corrected chi connectivity index (χ0v) is 15.9. The highest BCUT2D eigenvalue weighted by molar-refractivity contribution is 7.15. The summed E-state index contributed by atoms with van der Waals surface area (Å²) in [7, 11) is 0. The molecule has 0 fully saturated rings. The van der Waals surface area contributed by atoms with Crippen molar-refractivity contribution in [3.8, 4) is 0 Å². The van der Waals surface area contributed by atoms with Crippen molar-refractivity contribution in [3.05, 3.63) is 70.0 Å². The van der Waals surface area contributed by atoms with Crippen LogP contribution in [-0.4, -0.2) is 27.5 Å². The van der Waals surface area contributed by atoms with E-state index in [4.69, 9.17) is 0 Å². The normalized spacial score (nSPS) is 10.6. The number of thiazole rings is 1. The minimum atomic E-state index is -0.308. The number of hydrogen-bond donors (Lipinski definition) is 2. The molecule has 1 aromatic carbocycles. The van der Waals surface area contributed by atoms with Crippen molar-refractivity contribution in [2.75, 3.05) is 11.9 Å². The zero-order chi connectivity index (χ0) is 19.2. The lowest BCUT2D eigenvalue weighted by Gasteiger charge is -2.05. The van der Waals surface area contributed by atoms with Crippen molar-refractivity contribution in [2.45, 2.75) is 26.7 Å². The van der Waals surface area contributed by atoms with Crippen molar-refractivity contribution in [1.29, 1.82) is 0 Å². The second-order valence-electron chi connectivity index (χ2n) is 6.11. The van der Waals surface area contributed by atoms with Crippen LogP contribution in [0.1, 0.15) is 27.5 Å². The van der Waals surface area contributed by atoms with Crippen molar-refractivity contribution in [2.24, 2.45) is 0 Å². The fourth-order valence-electron chi connectivity index (χ4n) is 2.51. The Labute approximate surface area is 160 Å². The van der Waals surface area contributed by atoms with Gasteiger partial charge in [0, 0.05) is 36.7 Å². The fraction of sp³-hybridized carbons (Fsp3) is 0.263. The summed E-state index contributed by atoms with van der Waals surface area (Å²) in [6.45, 7) is 4.23. The molecule has 0 saturated carbocycles. The number of nitrogens with one attached hydrogen (secondary N) is 2. The first-order valence-electron chi connectivity index (χ1n) is 8.53. The third kappa shape index (κ3) is 5.55. The number of hydrogen-bond acceptors (Lipinski definition) is 5. The molecule has 0 radical (unpaired) electrons. The Bertz CT molecular complexity index is 926. The minimum Gasteiger partial charge on any atom is -0.337 e. The number of benzene rings is 1. The molecule has 8 heteroatoms. The average Bonchev–Trinajstić information content (AvgIpc) is 2.96. The molecule has 0 aliphatic carbocycles. The molecule has 3 aromatic rings. The average molecular weight is 385 g/mol. The third-order valence-electron chi connectivity index (χ3n) is 3.86. The number of aromatic nitrogens is 3. The van der Waals surface area contributed by atoms with Crippen molar-refractivity contribution < 1.29 is 9.18 Å². The van der Waals surface area contributed by atoms with E-state index in [1.165, 1.54) is 23.5 Å². The smallest absolute Gasteiger partial charge is 0.321 e. The van der Waals surface area contributed by atoms with Gasteiger partial charge in [0.05, 0.1) is 17.1 Å². The van der Waals surface area contributed by atoms with Crippen molar-refractivity contribution in [1.82, 2.24) is 20.3 Å². The Morgan fingerprint density at radius 3 is 2.67 bits per heavy atom. The predicted octanol–water partition coefficient (Wildman–Crippen LogP) is 3.64. The summed E-state index contributed by atoms with van der Waals surface area (Å²) in [4.78, 5) is 25.9. The summed E-state index contributed by atoms with van der Waals surface area (Å²) < 4.78 is 13.0. The first kappa shape index (κ1) is 18.9. The standard InChI is InChI=1S/C19H20FN5OS/c1-12-10-21-11-16(23-12)7-8-22-18(26)25-19-24-13(2)17(27-19)9-14-3-5-15(20)6-4-14/h3-6,10-11H,7-9H2,1-2H3,(H2,22,24,25,26). The monoisotopic (exact) mass is 385 g/mol. The quantitative estimate of drug-likeness (QED) is 0.679. The van der Waals surface area contributed by atoms with Crippen LogP contribution in [0.3, 0.4) is 0 Å². The van der Waals surface area contributed by atoms with Gasteiger partial charge in [0.1, 0.15) is 5.82 Å². The van der Waals surface area contributed by atoms with Crippen LogP contribution in [0.4, 0.5) is 14.3 Å². The lowest BCUT2D eigenvalue weighted by Crippen LogP contribution is -2.30. The first-order valence-corrected chi connectivity index (χ1v) is 9.34. The van der Waals surface area contributed by atoms with Crippen LogP contribution >= 0.6 is 11.3 Å². The fourth-order valence-corrected chi connectivity index (χ4v) is 3.51. The van der Waals surface area contributed by atoms with E-state index in [0.29, 0.717) is 24.5 Å². The highest BCUT2D eigenvalue weighted by Gasteiger charge is 2.11. The second-order valence-corrected chi connectivity index (χ2v) is 7.20.